The maximum Gasteiger partial charge on any atom is 0.244 e. The zero-order valence-corrected chi connectivity index (χ0v) is 19.4. The molecule has 0 bridgehead atoms. The number of nitrogens with zero attached hydrogens (tertiary/aromatic N) is 4. The van der Waals surface area contributed by atoms with Crippen LogP contribution in [0.25, 0.3) is 11.4 Å². The van der Waals surface area contributed by atoms with Gasteiger partial charge in [0.1, 0.15) is 5.75 Å². The SMILES string of the molecule is COc1ccccc1C(C)NC(=O)CN1CCN(C(C)c2nc(-c3ccccc3)no2)CC1. The number of para-hydroxylation sites is 1. The van der Waals surface area contributed by atoms with Crippen molar-refractivity contribution >= 4 is 5.91 Å². The van der Waals surface area contributed by atoms with Crippen LogP contribution in [0.3, 0.4) is 0 Å². The monoisotopic (exact) mass is 449 g/mol. The lowest BCUT2D eigenvalue weighted by molar-refractivity contribution is -0.123. The standard InChI is InChI=1S/C25H31N5O3/c1-18(21-11-7-8-12-22(21)32-3)26-23(31)17-29-13-15-30(16-14-29)19(2)25-27-24(28-33-25)20-9-5-4-6-10-20/h4-12,18-19H,13-17H2,1-3H3,(H,26,31). The number of benzene rings is 2. The van der Waals surface area contributed by atoms with Gasteiger partial charge in [0.25, 0.3) is 0 Å². The van der Waals surface area contributed by atoms with Gasteiger partial charge in [0.2, 0.25) is 17.6 Å². The number of aromatic nitrogens is 2. The number of hydrogen-bond donors (Lipinski definition) is 1. The summed E-state index contributed by atoms with van der Waals surface area (Å²) in [5, 5.41) is 7.23. The van der Waals surface area contributed by atoms with Gasteiger partial charge in [0.05, 0.1) is 25.7 Å². The van der Waals surface area contributed by atoms with Crippen molar-refractivity contribution in [1.82, 2.24) is 25.3 Å². The minimum absolute atomic E-state index is 0.0132. The van der Waals surface area contributed by atoms with Crippen LogP contribution in [0.1, 0.15) is 37.4 Å². The van der Waals surface area contributed by atoms with Crippen molar-refractivity contribution in [2.75, 3.05) is 39.8 Å². The van der Waals surface area contributed by atoms with E-state index in [1.54, 1.807) is 7.11 Å². The van der Waals surface area contributed by atoms with Crippen LogP contribution < -0.4 is 10.1 Å². The number of rotatable bonds is 8. The molecule has 1 aliphatic heterocycles. The minimum Gasteiger partial charge on any atom is -0.496 e. The topological polar surface area (TPSA) is 83.7 Å². The van der Waals surface area contributed by atoms with Gasteiger partial charge in [-0.25, -0.2) is 0 Å². The van der Waals surface area contributed by atoms with Crippen molar-refractivity contribution in [3.8, 4) is 17.1 Å². The van der Waals surface area contributed by atoms with Gasteiger partial charge in [-0.3, -0.25) is 14.6 Å². The van der Waals surface area contributed by atoms with Gasteiger partial charge < -0.3 is 14.6 Å². The molecule has 3 aromatic rings. The normalized spacial score (nSPS) is 16.8. The Balaban J connectivity index is 1.26. The van der Waals surface area contributed by atoms with Crippen LogP contribution in [0.5, 0.6) is 5.75 Å². The number of nitrogens with one attached hydrogen (secondary N) is 1. The van der Waals surface area contributed by atoms with E-state index in [9.17, 15) is 4.79 Å². The number of carbonyl (C=O) groups is 1. The van der Waals surface area contributed by atoms with Crippen molar-refractivity contribution in [3.63, 3.8) is 0 Å². The van der Waals surface area contributed by atoms with E-state index in [1.165, 1.54) is 0 Å². The van der Waals surface area contributed by atoms with Gasteiger partial charge in [0.15, 0.2) is 0 Å². The molecule has 0 aliphatic carbocycles. The summed E-state index contributed by atoms with van der Waals surface area (Å²) in [7, 11) is 1.64. The molecule has 1 N–H and O–H groups in total. The molecule has 174 valence electrons. The largest absolute Gasteiger partial charge is 0.496 e. The maximum absolute atomic E-state index is 12.6. The Morgan fingerprint density at radius 2 is 1.76 bits per heavy atom. The fourth-order valence-electron chi connectivity index (χ4n) is 4.17. The second-order valence-electron chi connectivity index (χ2n) is 8.34. The number of amides is 1. The van der Waals surface area contributed by atoms with Gasteiger partial charge in [0, 0.05) is 37.3 Å². The number of hydrogen-bond acceptors (Lipinski definition) is 7. The first kappa shape index (κ1) is 22.9. The lowest BCUT2D eigenvalue weighted by atomic mass is 10.1. The van der Waals surface area contributed by atoms with E-state index in [2.05, 4.69) is 32.2 Å². The quantitative estimate of drug-likeness (QED) is 0.565. The Bertz CT molecular complexity index is 1050. The Morgan fingerprint density at radius 3 is 2.48 bits per heavy atom. The molecular weight excluding hydrogens is 418 g/mol. The molecule has 1 fully saturated rings. The molecule has 1 saturated heterocycles. The van der Waals surface area contributed by atoms with Crippen molar-refractivity contribution in [1.29, 1.82) is 0 Å². The average molecular weight is 450 g/mol. The highest BCUT2D eigenvalue weighted by molar-refractivity contribution is 5.78. The first-order valence-corrected chi connectivity index (χ1v) is 11.3. The van der Waals surface area contributed by atoms with Gasteiger partial charge >= 0.3 is 0 Å². The summed E-state index contributed by atoms with van der Waals surface area (Å²) in [6, 6.07) is 17.5. The van der Waals surface area contributed by atoms with Crippen LogP contribution in [0, 0.1) is 0 Å². The number of piperazine rings is 1. The van der Waals surface area contributed by atoms with E-state index in [0.29, 0.717) is 18.3 Å². The van der Waals surface area contributed by atoms with Crippen molar-refractivity contribution < 1.29 is 14.1 Å². The summed E-state index contributed by atoms with van der Waals surface area (Å²) >= 11 is 0. The molecule has 1 amide bonds. The number of ether oxygens (including phenoxy) is 1. The van der Waals surface area contributed by atoms with E-state index in [-0.39, 0.29) is 18.0 Å². The summed E-state index contributed by atoms with van der Waals surface area (Å²) in [4.78, 5) is 21.7. The van der Waals surface area contributed by atoms with Gasteiger partial charge in [-0.2, -0.15) is 4.98 Å². The lowest BCUT2D eigenvalue weighted by Gasteiger charge is -2.36. The zero-order valence-electron chi connectivity index (χ0n) is 19.4. The zero-order chi connectivity index (χ0) is 23.2. The first-order chi connectivity index (χ1) is 16.0. The molecule has 2 unspecified atom stereocenters. The highest BCUT2D eigenvalue weighted by atomic mass is 16.5. The molecule has 8 heteroatoms. The molecular formula is C25H31N5O3. The van der Waals surface area contributed by atoms with Crippen LogP contribution in [-0.2, 0) is 4.79 Å². The van der Waals surface area contributed by atoms with Crippen molar-refractivity contribution in [2.45, 2.75) is 25.9 Å². The van der Waals surface area contributed by atoms with Crippen LogP contribution >= 0.6 is 0 Å². The number of carbonyl (C=O) groups excluding carboxylic acids is 1. The second-order valence-corrected chi connectivity index (χ2v) is 8.34. The maximum atomic E-state index is 12.6. The van der Waals surface area contributed by atoms with Crippen LogP contribution in [0.15, 0.2) is 59.1 Å². The third kappa shape index (κ3) is 5.58. The smallest absolute Gasteiger partial charge is 0.244 e. The average Bonchev–Trinajstić information content (AvgIpc) is 3.35. The molecule has 1 aromatic heterocycles. The highest BCUT2D eigenvalue weighted by Crippen LogP contribution is 2.25. The molecule has 1 aliphatic rings. The summed E-state index contributed by atoms with van der Waals surface area (Å²) in [5.74, 6) is 2.02. The number of methoxy groups -OCH3 is 1. The molecule has 2 atom stereocenters. The van der Waals surface area contributed by atoms with E-state index < -0.39 is 0 Å². The van der Waals surface area contributed by atoms with Gasteiger partial charge in [-0.1, -0.05) is 53.7 Å². The molecule has 2 aromatic carbocycles. The first-order valence-electron chi connectivity index (χ1n) is 11.3. The molecule has 33 heavy (non-hydrogen) atoms. The summed E-state index contributed by atoms with van der Waals surface area (Å²) < 4.78 is 11.0. The summed E-state index contributed by atoms with van der Waals surface area (Å²) in [6.45, 7) is 7.71. The van der Waals surface area contributed by atoms with Crippen LogP contribution in [0.4, 0.5) is 0 Å². The van der Waals surface area contributed by atoms with E-state index >= 15 is 0 Å². The fraction of sp³-hybridized carbons (Fsp3) is 0.400. The minimum atomic E-state index is -0.119. The molecule has 0 spiro atoms. The molecule has 8 nitrogen and oxygen atoms in total. The lowest BCUT2D eigenvalue weighted by Crippen LogP contribution is -2.50. The van der Waals surface area contributed by atoms with Gasteiger partial charge in [-0.15, -0.1) is 0 Å². The van der Waals surface area contributed by atoms with E-state index in [0.717, 1.165) is 43.1 Å². The Kier molecular flexibility index (Phi) is 7.36. The Hall–Kier alpha value is -3.23. The second kappa shape index (κ2) is 10.6. The third-order valence-electron chi connectivity index (χ3n) is 6.14. The summed E-state index contributed by atoms with van der Waals surface area (Å²) in [5.41, 5.74) is 1.92. The van der Waals surface area contributed by atoms with E-state index in [4.69, 9.17) is 9.26 Å². The predicted octanol–water partition coefficient (Wildman–Crippen LogP) is 3.30. The molecule has 2 heterocycles. The molecule has 4 rings (SSSR count). The highest BCUT2D eigenvalue weighted by Gasteiger charge is 2.27. The molecule has 0 radical (unpaired) electrons. The van der Waals surface area contributed by atoms with Gasteiger partial charge in [-0.05, 0) is 19.9 Å². The Morgan fingerprint density at radius 1 is 1.06 bits per heavy atom. The fourth-order valence-corrected chi connectivity index (χ4v) is 4.17. The molecule has 0 saturated carbocycles. The van der Waals surface area contributed by atoms with Crippen LogP contribution in [0.2, 0.25) is 0 Å². The summed E-state index contributed by atoms with van der Waals surface area (Å²) in [6.07, 6.45) is 0. The predicted molar refractivity (Wildman–Crippen MR) is 126 cm³/mol. The van der Waals surface area contributed by atoms with Crippen molar-refractivity contribution in [2.24, 2.45) is 0 Å². The van der Waals surface area contributed by atoms with Crippen molar-refractivity contribution in [3.05, 3.63) is 66.1 Å². The van der Waals surface area contributed by atoms with Crippen LogP contribution in [-0.4, -0.2) is 65.7 Å². The Labute approximate surface area is 194 Å². The van der Waals surface area contributed by atoms with E-state index in [1.807, 2.05) is 61.5 Å². The third-order valence-corrected chi connectivity index (χ3v) is 6.14.